The summed E-state index contributed by atoms with van der Waals surface area (Å²) in [6.07, 6.45) is 17.9. The second kappa shape index (κ2) is 10.5. The van der Waals surface area contributed by atoms with Crippen molar-refractivity contribution >= 4 is 22.6 Å². The fourth-order valence-electron chi connectivity index (χ4n) is 3.76. The number of hydrogen-bond acceptors (Lipinski definition) is 0. The minimum atomic E-state index is 0.535. The van der Waals surface area contributed by atoms with Crippen LogP contribution in [0.2, 0.25) is 0 Å². The van der Waals surface area contributed by atoms with E-state index in [4.69, 9.17) is 0 Å². The van der Waals surface area contributed by atoms with Crippen LogP contribution in [-0.2, 0) is 12.8 Å². The molecule has 0 nitrogen and oxygen atoms in total. The monoisotopic (exact) mass is 468 g/mol. The highest BCUT2D eigenvalue weighted by Gasteiger charge is 2.38. The first kappa shape index (κ1) is 22.2. The Bertz CT molecular complexity index is 539. The Labute approximate surface area is 177 Å². The molecule has 0 saturated heterocycles. The zero-order chi connectivity index (χ0) is 19.0. The van der Waals surface area contributed by atoms with Crippen molar-refractivity contribution in [3.63, 3.8) is 0 Å². The Morgan fingerprint density at radius 1 is 0.962 bits per heavy atom. The number of hydrogen-bond donors (Lipinski definition) is 0. The molecule has 1 aromatic carbocycles. The summed E-state index contributed by atoms with van der Waals surface area (Å²) in [5.74, 6) is 0. The highest BCUT2D eigenvalue weighted by atomic mass is 127. The molecule has 0 spiro atoms. The maximum atomic E-state index is 2.69. The van der Waals surface area contributed by atoms with E-state index in [2.05, 4.69) is 68.5 Å². The van der Waals surface area contributed by atoms with Gasteiger partial charge in [0.15, 0.2) is 0 Å². The molecule has 1 aliphatic carbocycles. The second-order valence-corrected chi connectivity index (χ2v) is 11.8. The average Bonchev–Trinajstić information content (AvgIpc) is 3.34. The lowest BCUT2D eigenvalue weighted by atomic mass is 9.84. The largest absolute Gasteiger partial charge is 0.0789 e. The van der Waals surface area contributed by atoms with Crippen LogP contribution in [0.5, 0.6) is 0 Å². The van der Waals surface area contributed by atoms with Gasteiger partial charge in [0.05, 0.1) is 0 Å². The lowest BCUT2D eigenvalue weighted by Gasteiger charge is -2.22. The highest BCUT2D eigenvalue weighted by Crippen LogP contribution is 2.48. The van der Waals surface area contributed by atoms with Crippen LogP contribution in [0.25, 0.3) is 0 Å². The number of benzene rings is 1. The van der Waals surface area contributed by atoms with Gasteiger partial charge in [-0.3, -0.25) is 0 Å². The Hall–Kier alpha value is -0.0500. The van der Waals surface area contributed by atoms with E-state index < -0.39 is 0 Å². The van der Waals surface area contributed by atoms with Gasteiger partial charge in [0.2, 0.25) is 0 Å². The van der Waals surface area contributed by atoms with E-state index in [-0.39, 0.29) is 0 Å². The van der Waals surface area contributed by atoms with Gasteiger partial charge in [-0.15, -0.1) is 0 Å². The molecule has 1 aliphatic rings. The lowest BCUT2D eigenvalue weighted by molar-refractivity contribution is 0.308. The van der Waals surface area contributed by atoms with Crippen molar-refractivity contribution in [2.24, 2.45) is 5.41 Å². The third-order valence-corrected chi connectivity index (χ3v) is 8.17. The highest BCUT2D eigenvalue weighted by molar-refractivity contribution is 14.1. The summed E-state index contributed by atoms with van der Waals surface area (Å²) in [7, 11) is 0. The first-order chi connectivity index (χ1) is 12.3. The molecule has 0 unspecified atom stereocenters. The van der Waals surface area contributed by atoms with E-state index in [1.54, 1.807) is 11.1 Å². The van der Waals surface area contributed by atoms with Crippen LogP contribution in [0, 0.1) is 12.3 Å². The van der Waals surface area contributed by atoms with Gasteiger partial charge in [0.25, 0.3) is 0 Å². The summed E-state index contributed by atoms with van der Waals surface area (Å²) in [6.45, 7) is 9.42. The van der Waals surface area contributed by atoms with Crippen LogP contribution >= 0.6 is 22.6 Å². The summed E-state index contributed by atoms with van der Waals surface area (Å²) < 4.78 is 0.708. The van der Waals surface area contributed by atoms with Gasteiger partial charge >= 0.3 is 0 Å². The smallest absolute Gasteiger partial charge is 0.0223 e. The maximum absolute atomic E-state index is 2.69. The molecule has 1 heteroatoms. The van der Waals surface area contributed by atoms with Crippen molar-refractivity contribution in [2.75, 3.05) is 0 Å². The molecular weight excluding hydrogens is 427 g/mol. The second-order valence-electron chi connectivity index (χ2n) is 9.55. The third kappa shape index (κ3) is 8.31. The first-order valence-electron chi connectivity index (χ1n) is 11.1. The molecule has 148 valence electrons. The molecule has 26 heavy (non-hydrogen) atoms. The zero-order valence-corrected chi connectivity index (χ0v) is 20.0. The minimum Gasteiger partial charge on any atom is -0.0789 e. The summed E-state index contributed by atoms with van der Waals surface area (Å²) in [6, 6.07) is 7.22. The van der Waals surface area contributed by atoms with Gasteiger partial charge in [-0.2, -0.15) is 0 Å². The predicted molar refractivity (Wildman–Crippen MR) is 126 cm³/mol. The maximum Gasteiger partial charge on any atom is 0.0223 e. The molecule has 1 saturated carbocycles. The normalized spacial score (nSPS) is 16.0. The number of aryl methyl sites for hydroxylation is 3. The van der Waals surface area contributed by atoms with Crippen molar-refractivity contribution < 1.29 is 0 Å². The minimum absolute atomic E-state index is 0.535. The van der Waals surface area contributed by atoms with E-state index in [0.29, 0.717) is 8.84 Å². The van der Waals surface area contributed by atoms with Gasteiger partial charge in [0.1, 0.15) is 0 Å². The molecule has 0 bridgehead atoms. The van der Waals surface area contributed by atoms with Gasteiger partial charge in [0, 0.05) is 3.42 Å². The number of halogens is 1. The van der Waals surface area contributed by atoms with Crippen LogP contribution in [0.15, 0.2) is 18.2 Å². The summed E-state index contributed by atoms with van der Waals surface area (Å²) >= 11 is 2.69. The van der Waals surface area contributed by atoms with Crippen LogP contribution in [0.3, 0.4) is 0 Å². The van der Waals surface area contributed by atoms with Crippen LogP contribution in [-0.4, -0.2) is 3.42 Å². The van der Waals surface area contributed by atoms with E-state index in [1.807, 2.05) is 0 Å². The Balaban J connectivity index is 1.65. The van der Waals surface area contributed by atoms with Crippen molar-refractivity contribution in [3.05, 3.63) is 34.9 Å². The van der Waals surface area contributed by atoms with Crippen molar-refractivity contribution in [1.82, 2.24) is 0 Å². The molecular formula is C25H41I. The zero-order valence-electron chi connectivity index (χ0n) is 17.8. The van der Waals surface area contributed by atoms with E-state index in [1.165, 1.54) is 89.0 Å². The fraction of sp³-hybridized carbons (Fsp3) is 0.760. The predicted octanol–water partition coefficient (Wildman–Crippen LogP) is 8.60. The van der Waals surface area contributed by atoms with Crippen molar-refractivity contribution in [1.29, 1.82) is 0 Å². The number of alkyl halides is 1. The topological polar surface area (TPSA) is 0 Å². The van der Waals surface area contributed by atoms with Gasteiger partial charge < -0.3 is 0 Å². The van der Waals surface area contributed by atoms with Crippen LogP contribution in [0.4, 0.5) is 0 Å². The van der Waals surface area contributed by atoms with E-state index >= 15 is 0 Å². The van der Waals surface area contributed by atoms with E-state index in [9.17, 15) is 0 Å². The van der Waals surface area contributed by atoms with Crippen LogP contribution in [0.1, 0.15) is 108 Å². The molecule has 0 N–H and O–H groups in total. The van der Waals surface area contributed by atoms with Gasteiger partial charge in [-0.05, 0) is 80.4 Å². The lowest BCUT2D eigenvalue weighted by Crippen LogP contribution is -2.08. The SMILES string of the molecule is CCC(C)(C)CCCCCc1ccc(C)c(CCCCCC2(I)CC2)c1. The summed E-state index contributed by atoms with van der Waals surface area (Å²) in [5.41, 5.74) is 5.19. The molecule has 0 heterocycles. The Kier molecular flexibility index (Phi) is 8.97. The Morgan fingerprint density at radius 2 is 1.65 bits per heavy atom. The molecule has 0 atom stereocenters. The molecule has 0 aliphatic heterocycles. The molecule has 0 aromatic heterocycles. The van der Waals surface area contributed by atoms with Crippen molar-refractivity contribution in [2.45, 2.75) is 115 Å². The third-order valence-electron chi connectivity index (χ3n) is 6.55. The molecule has 2 rings (SSSR count). The summed E-state index contributed by atoms with van der Waals surface area (Å²) in [5, 5.41) is 0. The molecule has 1 aromatic rings. The molecule has 0 amide bonds. The molecule has 0 radical (unpaired) electrons. The van der Waals surface area contributed by atoms with Crippen molar-refractivity contribution in [3.8, 4) is 0 Å². The number of unbranched alkanes of at least 4 members (excludes halogenated alkanes) is 4. The van der Waals surface area contributed by atoms with Gasteiger partial charge in [-0.1, -0.05) is 93.7 Å². The van der Waals surface area contributed by atoms with Gasteiger partial charge in [-0.25, -0.2) is 0 Å². The number of rotatable bonds is 13. The average molecular weight is 469 g/mol. The summed E-state index contributed by atoms with van der Waals surface area (Å²) in [4.78, 5) is 0. The van der Waals surface area contributed by atoms with E-state index in [0.717, 1.165) is 0 Å². The fourth-order valence-corrected chi connectivity index (χ4v) is 4.41. The quantitative estimate of drug-likeness (QED) is 0.154. The van der Waals surface area contributed by atoms with Crippen LogP contribution < -0.4 is 0 Å². The standard InChI is InChI=1S/C25H41I/c1-5-24(3,4)16-10-6-8-12-22-15-14-21(2)23(20-22)13-9-7-11-17-25(26)18-19-25/h14-15,20H,5-13,16-19H2,1-4H3. The Morgan fingerprint density at radius 3 is 2.35 bits per heavy atom. The first-order valence-corrected chi connectivity index (χ1v) is 12.2. The molecule has 1 fully saturated rings.